The van der Waals surface area contributed by atoms with Gasteiger partial charge in [-0.05, 0) is 32.1 Å². The zero-order chi connectivity index (χ0) is 18.4. The van der Waals surface area contributed by atoms with Crippen LogP contribution < -0.4 is 10.6 Å². The van der Waals surface area contributed by atoms with E-state index in [1.54, 1.807) is 14.1 Å². The molecule has 0 spiro atoms. The summed E-state index contributed by atoms with van der Waals surface area (Å²) in [5.41, 5.74) is 0. The van der Waals surface area contributed by atoms with Crippen molar-refractivity contribution in [2.24, 2.45) is 10.9 Å². The lowest BCUT2D eigenvalue weighted by molar-refractivity contribution is -0.183. The molecule has 2 N–H and O–H groups in total. The lowest BCUT2D eigenvalue weighted by Crippen LogP contribution is -2.49. The molecule has 5 nitrogen and oxygen atoms in total. The Labute approximate surface area is 147 Å². The number of carbonyl (C=O) groups excluding carboxylic acids is 1. The van der Waals surface area contributed by atoms with Crippen molar-refractivity contribution in [3.05, 3.63) is 0 Å². The average molecular weight is 362 g/mol. The molecule has 2 atom stereocenters. The van der Waals surface area contributed by atoms with Crippen LogP contribution in [0.3, 0.4) is 0 Å². The molecule has 2 saturated carbocycles. The Bertz CT molecular complexity index is 473. The van der Waals surface area contributed by atoms with Crippen molar-refractivity contribution in [3.8, 4) is 0 Å². The molecule has 2 aliphatic carbocycles. The normalized spacial score (nSPS) is 25.7. The van der Waals surface area contributed by atoms with Crippen LogP contribution in [0.15, 0.2) is 4.99 Å². The van der Waals surface area contributed by atoms with Crippen LogP contribution in [0.4, 0.5) is 13.2 Å². The van der Waals surface area contributed by atoms with E-state index >= 15 is 0 Å². The quantitative estimate of drug-likeness (QED) is 0.597. The molecule has 144 valence electrons. The maximum absolute atomic E-state index is 13.0. The first-order chi connectivity index (χ1) is 11.8. The van der Waals surface area contributed by atoms with Gasteiger partial charge < -0.3 is 15.5 Å². The molecule has 0 heterocycles. The molecule has 0 saturated heterocycles. The largest absolute Gasteiger partial charge is 0.391 e. The standard InChI is InChI=1S/C17H29F3N4O/c1-24(2)15(25)11-21-16(22-13-7-3-4-8-13)23-14-9-5-6-12(10-14)17(18,19)20/h12-14H,3-11H2,1-2H3,(H2,21,22,23). The highest BCUT2D eigenvalue weighted by molar-refractivity contribution is 5.85. The number of guanidine groups is 1. The Morgan fingerprint density at radius 1 is 1.04 bits per heavy atom. The van der Waals surface area contributed by atoms with E-state index in [1.807, 2.05) is 0 Å². The van der Waals surface area contributed by atoms with Crippen LogP contribution in [0.2, 0.25) is 0 Å². The van der Waals surface area contributed by atoms with Crippen LogP contribution in [0, 0.1) is 5.92 Å². The predicted molar refractivity (Wildman–Crippen MR) is 91.3 cm³/mol. The molecule has 25 heavy (non-hydrogen) atoms. The van der Waals surface area contributed by atoms with E-state index in [1.165, 1.54) is 4.90 Å². The van der Waals surface area contributed by atoms with E-state index in [4.69, 9.17) is 0 Å². The van der Waals surface area contributed by atoms with Gasteiger partial charge in [0, 0.05) is 26.2 Å². The summed E-state index contributed by atoms with van der Waals surface area (Å²) in [4.78, 5) is 17.5. The van der Waals surface area contributed by atoms with Gasteiger partial charge in [-0.25, -0.2) is 4.99 Å². The fourth-order valence-electron chi connectivity index (χ4n) is 3.50. The van der Waals surface area contributed by atoms with Crippen molar-refractivity contribution in [1.82, 2.24) is 15.5 Å². The molecule has 0 aliphatic heterocycles. The molecular weight excluding hydrogens is 333 g/mol. The monoisotopic (exact) mass is 362 g/mol. The van der Waals surface area contributed by atoms with Gasteiger partial charge in [0.25, 0.3) is 0 Å². The van der Waals surface area contributed by atoms with Gasteiger partial charge in [0.15, 0.2) is 5.96 Å². The number of nitrogens with zero attached hydrogens (tertiary/aromatic N) is 2. The number of halogens is 3. The molecule has 0 aromatic carbocycles. The number of carbonyl (C=O) groups is 1. The Morgan fingerprint density at radius 3 is 2.24 bits per heavy atom. The van der Waals surface area contributed by atoms with Crippen molar-refractivity contribution in [1.29, 1.82) is 0 Å². The highest BCUT2D eigenvalue weighted by Gasteiger charge is 2.42. The first-order valence-electron chi connectivity index (χ1n) is 9.10. The van der Waals surface area contributed by atoms with E-state index in [-0.39, 0.29) is 37.4 Å². The number of hydrogen-bond donors (Lipinski definition) is 2. The fraction of sp³-hybridized carbons (Fsp3) is 0.882. The van der Waals surface area contributed by atoms with Gasteiger partial charge in [-0.1, -0.05) is 19.3 Å². The summed E-state index contributed by atoms with van der Waals surface area (Å²) in [7, 11) is 3.31. The summed E-state index contributed by atoms with van der Waals surface area (Å²) in [6.07, 6.45) is 1.70. The minimum atomic E-state index is -4.14. The van der Waals surface area contributed by atoms with Crippen LogP contribution in [0.25, 0.3) is 0 Å². The van der Waals surface area contributed by atoms with Crippen LogP contribution in [0.5, 0.6) is 0 Å². The average Bonchev–Trinajstić information content (AvgIpc) is 3.04. The summed E-state index contributed by atoms with van der Waals surface area (Å²) in [5.74, 6) is -0.922. The van der Waals surface area contributed by atoms with E-state index in [0.717, 1.165) is 25.7 Å². The first-order valence-corrected chi connectivity index (χ1v) is 9.10. The van der Waals surface area contributed by atoms with Gasteiger partial charge in [-0.2, -0.15) is 13.2 Å². The molecule has 8 heteroatoms. The fourth-order valence-corrected chi connectivity index (χ4v) is 3.50. The number of amides is 1. The van der Waals surface area contributed by atoms with Crippen LogP contribution in [-0.4, -0.2) is 55.7 Å². The van der Waals surface area contributed by atoms with Crippen molar-refractivity contribution in [2.45, 2.75) is 69.6 Å². The van der Waals surface area contributed by atoms with E-state index < -0.39 is 12.1 Å². The molecule has 2 aliphatic rings. The number of aliphatic imine (C=N–C) groups is 1. The van der Waals surface area contributed by atoms with Gasteiger partial charge in [0.2, 0.25) is 5.91 Å². The van der Waals surface area contributed by atoms with Crippen molar-refractivity contribution in [2.75, 3.05) is 20.6 Å². The van der Waals surface area contributed by atoms with Crippen molar-refractivity contribution >= 4 is 11.9 Å². The van der Waals surface area contributed by atoms with Crippen molar-refractivity contribution in [3.63, 3.8) is 0 Å². The summed E-state index contributed by atoms with van der Waals surface area (Å²) < 4.78 is 39.0. The van der Waals surface area contributed by atoms with Crippen LogP contribution in [-0.2, 0) is 4.79 Å². The maximum Gasteiger partial charge on any atom is 0.391 e. The second kappa shape index (κ2) is 8.76. The smallest absolute Gasteiger partial charge is 0.354 e. The molecule has 0 bridgehead atoms. The predicted octanol–water partition coefficient (Wildman–Crippen LogP) is 2.67. The minimum absolute atomic E-state index is 0.00945. The second-order valence-corrected chi connectivity index (χ2v) is 7.33. The summed E-state index contributed by atoms with van der Waals surface area (Å²) in [6, 6.07) is 0.0187. The molecule has 2 fully saturated rings. The molecule has 0 aromatic rings. The van der Waals surface area contributed by atoms with E-state index in [9.17, 15) is 18.0 Å². The SMILES string of the molecule is CN(C)C(=O)CN=C(NC1CCCC1)NC1CCCC(C(F)(F)F)C1. The molecule has 0 aromatic heterocycles. The maximum atomic E-state index is 13.0. The number of nitrogens with one attached hydrogen (secondary N) is 2. The molecular formula is C17H29F3N4O. The van der Waals surface area contributed by atoms with Crippen LogP contribution >= 0.6 is 0 Å². The van der Waals surface area contributed by atoms with Crippen LogP contribution in [0.1, 0.15) is 51.4 Å². The topological polar surface area (TPSA) is 56.7 Å². The Kier molecular flexibility index (Phi) is 6.95. The van der Waals surface area contributed by atoms with Crippen molar-refractivity contribution < 1.29 is 18.0 Å². The Morgan fingerprint density at radius 2 is 1.64 bits per heavy atom. The highest BCUT2D eigenvalue weighted by atomic mass is 19.4. The molecule has 0 radical (unpaired) electrons. The summed E-state index contributed by atoms with van der Waals surface area (Å²) >= 11 is 0. The third-order valence-electron chi connectivity index (χ3n) is 5.05. The summed E-state index contributed by atoms with van der Waals surface area (Å²) in [6.45, 7) is -0.00945. The highest BCUT2D eigenvalue weighted by Crippen LogP contribution is 2.37. The van der Waals surface area contributed by atoms with E-state index in [0.29, 0.717) is 18.8 Å². The first kappa shape index (κ1) is 19.8. The van der Waals surface area contributed by atoms with Gasteiger partial charge in [-0.15, -0.1) is 0 Å². The summed E-state index contributed by atoms with van der Waals surface area (Å²) in [5, 5.41) is 6.45. The van der Waals surface area contributed by atoms with Gasteiger partial charge in [-0.3, -0.25) is 4.79 Å². The molecule has 1 amide bonds. The number of likely N-dealkylation sites (N-methyl/N-ethyl adjacent to an activating group) is 1. The lowest BCUT2D eigenvalue weighted by Gasteiger charge is -2.32. The minimum Gasteiger partial charge on any atom is -0.354 e. The van der Waals surface area contributed by atoms with Gasteiger partial charge >= 0.3 is 6.18 Å². The molecule has 2 rings (SSSR count). The Hall–Kier alpha value is -1.47. The zero-order valence-electron chi connectivity index (χ0n) is 15.0. The third kappa shape index (κ3) is 6.40. The second-order valence-electron chi connectivity index (χ2n) is 7.33. The number of rotatable bonds is 4. The number of alkyl halides is 3. The van der Waals surface area contributed by atoms with E-state index in [2.05, 4.69) is 15.6 Å². The Balaban J connectivity index is 1.98. The molecule has 2 unspecified atom stereocenters. The number of hydrogen-bond acceptors (Lipinski definition) is 2. The van der Waals surface area contributed by atoms with Gasteiger partial charge in [0.1, 0.15) is 6.54 Å². The zero-order valence-corrected chi connectivity index (χ0v) is 15.0. The third-order valence-corrected chi connectivity index (χ3v) is 5.05. The lowest BCUT2D eigenvalue weighted by atomic mass is 9.85. The van der Waals surface area contributed by atoms with Gasteiger partial charge in [0.05, 0.1) is 5.92 Å².